The van der Waals surface area contributed by atoms with Crippen molar-refractivity contribution >= 4 is 12.1 Å². The highest BCUT2D eigenvalue weighted by atomic mass is 16.5. The summed E-state index contributed by atoms with van der Waals surface area (Å²) in [6.07, 6.45) is 2.27. The van der Waals surface area contributed by atoms with Gasteiger partial charge in [0.15, 0.2) is 0 Å². The molecule has 0 fully saturated rings. The molecule has 0 aliphatic heterocycles. The van der Waals surface area contributed by atoms with Crippen molar-refractivity contribution in [2.24, 2.45) is 0 Å². The number of methoxy groups -OCH3 is 1. The summed E-state index contributed by atoms with van der Waals surface area (Å²) < 4.78 is 9.45. The van der Waals surface area contributed by atoms with E-state index in [1.165, 1.54) is 19.3 Å². The summed E-state index contributed by atoms with van der Waals surface area (Å²) in [6, 6.07) is 9.39. The summed E-state index contributed by atoms with van der Waals surface area (Å²) in [6.45, 7) is 0.605. The predicted octanol–water partition coefficient (Wildman–Crippen LogP) is 1.78. The van der Waals surface area contributed by atoms with Gasteiger partial charge >= 0.3 is 12.1 Å². The zero-order chi connectivity index (χ0) is 16.2. The lowest BCUT2D eigenvalue weighted by Gasteiger charge is -2.08. The highest BCUT2D eigenvalue weighted by Gasteiger charge is 2.04. The molecule has 0 aromatic heterocycles. The molecule has 1 aromatic rings. The molecule has 0 aliphatic carbocycles. The van der Waals surface area contributed by atoms with E-state index < -0.39 is 18.2 Å². The van der Waals surface area contributed by atoms with Gasteiger partial charge in [0, 0.05) is 12.6 Å². The number of amides is 1. The van der Waals surface area contributed by atoms with Gasteiger partial charge in [0.1, 0.15) is 6.61 Å². The summed E-state index contributed by atoms with van der Waals surface area (Å²) in [4.78, 5) is 22.3. The molecule has 0 saturated carbocycles. The smallest absolute Gasteiger partial charge is 0.407 e. The maximum Gasteiger partial charge on any atom is 0.407 e. The minimum Gasteiger partial charge on any atom is -0.466 e. The Hall–Kier alpha value is -2.34. The van der Waals surface area contributed by atoms with Gasteiger partial charge in [0.25, 0.3) is 0 Å². The summed E-state index contributed by atoms with van der Waals surface area (Å²) in [5.41, 5.74) is 0.918. The summed E-state index contributed by atoms with van der Waals surface area (Å²) in [5, 5.41) is 12.2. The number of ether oxygens (including phenoxy) is 2. The molecule has 120 valence electrons. The maximum absolute atomic E-state index is 11.4. The van der Waals surface area contributed by atoms with Crippen LogP contribution in [0.4, 0.5) is 4.79 Å². The van der Waals surface area contributed by atoms with Crippen LogP contribution in [0.1, 0.15) is 18.4 Å². The molecule has 22 heavy (non-hydrogen) atoms. The van der Waals surface area contributed by atoms with E-state index in [9.17, 15) is 14.7 Å². The van der Waals surface area contributed by atoms with Crippen LogP contribution in [0.3, 0.4) is 0 Å². The van der Waals surface area contributed by atoms with E-state index >= 15 is 0 Å². The van der Waals surface area contributed by atoms with Gasteiger partial charge in [-0.05, 0) is 24.5 Å². The third-order valence-corrected chi connectivity index (χ3v) is 2.81. The van der Waals surface area contributed by atoms with E-state index in [1.807, 2.05) is 30.3 Å². The van der Waals surface area contributed by atoms with Gasteiger partial charge in [0.05, 0.1) is 13.2 Å². The third kappa shape index (κ3) is 8.06. The second kappa shape index (κ2) is 10.4. The number of nitrogens with one attached hydrogen (secondary N) is 1. The molecule has 1 atom stereocenters. The minimum absolute atomic E-state index is 0.219. The van der Waals surface area contributed by atoms with Crippen LogP contribution in [0.25, 0.3) is 0 Å². The fourth-order valence-electron chi connectivity index (χ4n) is 1.63. The van der Waals surface area contributed by atoms with Gasteiger partial charge < -0.3 is 19.9 Å². The first-order valence-electron chi connectivity index (χ1n) is 7.00. The van der Waals surface area contributed by atoms with Gasteiger partial charge in [0.2, 0.25) is 0 Å². The molecule has 0 aliphatic rings. The molecule has 6 nitrogen and oxygen atoms in total. The number of aliphatic hydroxyl groups is 1. The van der Waals surface area contributed by atoms with Gasteiger partial charge in [-0.15, -0.1) is 0 Å². The van der Waals surface area contributed by atoms with Crippen molar-refractivity contribution in [2.75, 3.05) is 13.7 Å². The predicted molar refractivity (Wildman–Crippen MR) is 81.0 cm³/mol. The topological polar surface area (TPSA) is 84.9 Å². The zero-order valence-electron chi connectivity index (χ0n) is 12.5. The number of aliphatic hydroxyl groups excluding tert-OH is 1. The van der Waals surface area contributed by atoms with E-state index in [4.69, 9.17) is 4.74 Å². The molecule has 1 rings (SSSR count). The summed E-state index contributed by atoms with van der Waals surface area (Å²) in [7, 11) is 1.27. The molecular weight excluding hydrogens is 286 g/mol. The summed E-state index contributed by atoms with van der Waals surface area (Å²) >= 11 is 0. The van der Waals surface area contributed by atoms with Crippen molar-refractivity contribution in [3.8, 4) is 0 Å². The fraction of sp³-hybridized carbons (Fsp3) is 0.375. The Morgan fingerprint density at radius 2 is 2.05 bits per heavy atom. The average Bonchev–Trinajstić information content (AvgIpc) is 2.55. The molecule has 0 spiro atoms. The van der Waals surface area contributed by atoms with Gasteiger partial charge in [-0.3, -0.25) is 0 Å². The Morgan fingerprint density at radius 1 is 1.32 bits per heavy atom. The Bertz CT molecular complexity index is 487. The van der Waals surface area contributed by atoms with Crippen LogP contribution < -0.4 is 5.32 Å². The van der Waals surface area contributed by atoms with Crippen LogP contribution in [-0.2, 0) is 20.9 Å². The number of rotatable bonds is 8. The molecule has 0 unspecified atom stereocenters. The van der Waals surface area contributed by atoms with Crippen molar-refractivity contribution in [3.63, 3.8) is 0 Å². The van der Waals surface area contributed by atoms with Crippen LogP contribution in [-0.4, -0.2) is 36.9 Å². The number of carbonyl (C=O) groups excluding carboxylic acids is 2. The molecular formula is C16H21NO5. The number of carbonyl (C=O) groups is 2. The van der Waals surface area contributed by atoms with Crippen molar-refractivity contribution in [1.29, 1.82) is 0 Å². The molecule has 1 amide bonds. The number of hydrogen-bond donors (Lipinski definition) is 2. The van der Waals surface area contributed by atoms with Crippen LogP contribution in [0.5, 0.6) is 0 Å². The van der Waals surface area contributed by atoms with Crippen LogP contribution in [0.15, 0.2) is 42.5 Å². The Balaban J connectivity index is 2.10. The quantitative estimate of drug-likeness (QED) is 0.434. The van der Waals surface area contributed by atoms with Crippen LogP contribution in [0.2, 0.25) is 0 Å². The number of hydrogen-bond acceptors (Lipinski definition) is 5. The van der Waals surface area contributed by atoms with Crippen molar-refractivity contribution in [3.05, 3.63) is 48.0 Å². The molecule has 0 bridgehead atoms. The second-order valence-corrected chi connectivity index (χ2v) is 4.58. The van der Waals surface area contributed by atoms with E-state index in [0.717, 1.165) is 5.56 Å². The monoisotopic (exact) mass is 307 g/mol. The third-order valence-electron chi connectivity index (χ3n) is 2.81. The highest BCUT2D eigenvalue weighted by Crippen LogP contribution is 2.01. The lowest BCUT2D eigenvalue weighted by molar-refractivity contribution is -0.134. The number of esters is 1. The second-order valence-electron chi connectivity index (χ2n) is 4.58. The first-order chi connectivity index (χ1) is 10.6. The lowest BCUT2D eigenvalue weighted by Crippen LogP contribution is -2.25. The fourth-order valence-corrected chi connectivity index (χ4v) is 1.63. The van der Waals surface area contributed by atoms with Crippen molar-refractivity contribution < 1.29 is 24.2 Å². The Morgan fingerprint density at radius 3 is 2.73 bits per heavy atom. The SMILES string of the molecule is COC(=O)/C=C/[C@@H](O)CCCNC(=O)OCc1ccccc1. The molecule has 6 heteroatoms. The van der Waals surface area contributed by atoms with E-state index in [0.29, 0.717) is 19.4 Å². The Labute approximate surface area is 129 Å². The van der Waals surface area contributed by atoms with Crippen molar-refractivity contribution in [1.82, 2.24) is 5.32 Å². The van der Waals surface area contributed by atoms with Gasteiger partial charge in [-0.25, -0.2) is 9.59 Å². The Kier molecular flexibility index (Phi) is 8.37. The summed E-state index contributed by atoms with van der Waals surface area (Å²) in [5.74, 6) is -0.512. The molecule has 2 N–H and O–H groups in total. The number of benzene rings is 1. The highest BCUT2D eigenvalue weighted by molar-refractivity contribution is 5.81. The molecule has 1 aromatic carbocycles. The van der Waals surface area contributed by atoms with Crippen LogP contribution in [0, 0.1) is 0 Å². The number of alkyl carbamates (subject to hydrolysis) is 1. The largest absolute Gasteiger partial charge is 0.466 e. The zero-order valence-corrected chi connectivity index (χ0v) is 12.5. The van der Waals surface area contributed by atoms with E-state index in [1.54, 1.807) is 0 Å². The van der Waals surface area contributed by atoms with Gasteiger partial charge in [-0.1, -0.05) is 30.3 Å². The normalized spacial score (nSPS) is 11.9. The molecule has 0 radical (unpaired) electrons. The van der Waals surface area contributed by atoms with E-state index in [2.05, 4.69) is 10.1 Å². The average molecular weight is 307 g/mol. The maximum atomic E-state index is 11.4. The van der Waals surface area contributed by atoms with Gasteiger partial charge in [-0.2, -0.15) is 0 Å². The lowest BCUT2D eigenvalue weighted by atomic mass is 10.2. The standard InChI is InChI=1S/C16H21NO5/c1-21-15(19)10-9-14(18)8-5-11-17-16(20)22-12-13-6-3-2-4-7-13/h2-4,6-7,9-10,14,18H,5,8,11-12H2,1H3,(H,17,20)/b10-9+/t14-/m0/s1. The van der Waals surface area contributed by atoms with E-state index in [-0.39, 0.29) is 6.61 Å². The molecule has 0 heterocycles. The van der Waals surface area contributed by atoms with Crippen molar-refractivity contribution in [2.45, 2.75) is 25.6 Å². The molecule has 0 saturated heterocycles. The minimum atomic E-state index is -0.749. The van der Waals surface area contributed by atoms with Crippen LogP contribution >= 0.6 is 0 Å². The first kappa shape index (κ1) is 17.7. The first-order valence-corrected chi connectivity index (χ1v) is 7.00.